The Morgan fingerprint density at radius 2 is 1.68 bits per heavy atom. The Bertz CT molecular complexity index is 1450. The van der Waals surface area contributed by atoms with Crippen LogP contribution in [0.2, 0.25) is 10.0 Å². The van der Waals surface area contributed by atoms with Crippen molar-refractivity contribution in [2.75, 3.05) is 24.5 Å². The molecule has 3 aromatic carbocycles. The van der Waals surface area contributed by atoms with Gasteiger partial charge in [-0.15, -0.1) is 0 Å². The minimum atomic E-state index is -4.27. The van der Waals surface area contributed by atoms with Crippen molar-refractivity contribution in [1.29, 1.82) is 0 Å². The SMILES string of the molecule is CCNC(=O)C(CC)N(Cc1ccccc1Cl)C(=O)CN(c1cc(Cl)ccc1OC)S(=O)(=O)c1ccc(C)cc1. The largest absolute Gasteiger partial charge is 0.495 e. The molecule has 214 valence electrons. The Morgan fingerprint density at radius 3 is 2.27 bits per heavy atom. The predicted molar refractivity (Wildman–Crippen MR) is 158 cm³/mol. The first-order valence-corrected chi connectivity index (χ1v) is 15.0. The Hall–Kier alpha value is -3.27. The molecule has 0 heterocycles. The average Bonchev–Trinajstić information content (AvgIpc) is 2.92. The van der Waals surface area contributed by atoms with Gasteiger partial charge in [0.2, 0.25) is 11.8 Å². The van der Waals surface area contributed by atoms with Gasteiger partial charge in [0.15, 0.2) is 0 Å². The second kappa shape index (κ2) is 13.9. The van der Waals surface area contributed by atoms with Crippen molar-refractivity contribution in [3.05, 3.63) is 87.9 Å². The number of hydrogen-bond acceptors (Lipinski definition) is 5. The molecule has 0 aliphatic heterocycles. The molecule has 3 aromatic rings. The molecule has 3 rings (SSSR count). The van der Waals surface area contributed by atoms with E-state index >= 15 is 0 Å². The monoisotopic (exact) mass is 605 g/mol. The van der Waals surface area contributed by atoms with Crippen LogP contribution in [0.1, 0.15) is 31.4 Å². The number of carbonyl (C=O) groups excluding carboxylic acids is 2. The molecule has 0 bridgehead atoms. The van der Waals surface area contributed by atoms with Gasteiger partial charge < -0.3 is 15.0 Å². The first-order chi connectivity index (χ1) is 19.0. The van der Waals surface area contributed by atoms with E-state index in [1.54, 1.807) is 56.3 Å². The molecule has 0 spiro atoms. The van der Waals surface area contributed by atoms with Crippen LogP contribution in [-0.2, 0) is 26.2 Å². The third-order valence-electron chi connectivity index (χ3n) is 6.33. The van der Waals surface area contributed by atoms with Gasteiger partial charge in [-0.25, -0.2) is 8.42 Å². The van der Waals surface area contributed by atoms with Crippen LogP contribution in [0, 0.1) is 6.92 Å². The van der Waals surface area contributed by atoms with E-state index < -0.39 is 28.5 Å². The lowest BCUT2D eigenvalue weighted by Gasteiger charge is -2.33. The summed E-state index contributed by atoms with van der Waals surface area (Å²) in [6.07, 6.45) is 0.299. The number of methoxy groups -OCH3 is 1. The summed E-state index contributed by atoms with van der Waals surface area (Å²) in [5, 5.41) is 3.45. The molecule has 11 heteroatoms. The number of hydrogen-bond donors (Lipinski definition) is 1. The molecule has 0 aromatic heterocycles. The number of sulfonamides is 1. The fourth-order valence-electron chi connectivity index (χ4n) is 4.23. The maximum Gasteiger partial charge on any atom is 0.264 e. The minimum absolute atomic E-state index is 0.000746. The van der Waals surface area contributed by atoms with Crippen molar-refractivity contribution in [3.8, 4) is 5.75 Å². The summed E-state index contributed by atoms with van der Waals surface area (Å²) in [5.74, 6) is -0.740. The molecule has 0 aliphatic rings. The lowest BCUT2D eigenvalue weighted by Crippen LogP contribution is -2.52. The Balaban J connectivity index is 2.14. The van der Waals surface area contributed by atoms with Gasteiger partial charge in [0.05, 0.1) is 17.7 Å². The van der Waals surface area contributed by atoms with E-state index in [4.69, 9.17) is 27.9 Å². The van der Waals surface area contributed by atoms with Gasteiger partial charge in [-0.05, 0) is 62.2 Å². The van der Waals surface area contributed by atoms with Crippen LogP contribution in [0.15, 0.2) is 71.6 Å². The second-order valence-electron chi connectivity index (χ2n) is 9.07. The van der Waals surface area contributed by atoms with Crippen molar-refractivity contribution in [3.63, 3.8) is 0 Å². The Labute approximate surface area is 245 Å². The number of amides is 2. The first kappa shape index (κ1) is 31.3. The molecular formula is C29H33Cl2N3O5S. The number of benzene rings is 3. The highest BCUT2D eigenvalue weighted by Crippen LogP contribution is 2.35. The van der Waals surface area contributed by atoms with Crippen molar-refractivity contribution in [2.24, 2.45) is 0 Å². The molecule has 0 aliphatic carbocycles. The highest BCUT2D eigenvalue weighted by Gasteiger charge is 2.35. The number of aryl methyl sites for hydroxylation is 1. The molecule has 8 nitrogen and oxygen atoms in total. The lowest BCUT2D eigenvalue weighted by atomic mass is 10.1. The number of nitrogens with zero attached hydrogens (tertiary/aromatic N) is 2. The number of carbonyl (C=O) groups is 2. The molecule has 0 radical (unpaired) electrons. The van der Waals surface area contributed by atoms with Crippen molar-refractivity contribution < 1.29 is 22.7 Å². The molecule has 1 atom stereocenters. The third-order valence-corrected chi connectivity index (χ3v) is 8.71. The molecule has 0 fully saturated rings. The van der Waals surface area contributed by atoms with Gasteiger partial charge in [0.25, 0.3) is 10.0 Å². The molecule has 0 saturated carbocycles. The van der Waals surface area contributed by atoms with E-state index in [1.165, 1.54) is 36.3 Å². The van der Waals surface area contributed by atoms with Gasteiger partial charge >= 0.3 is 0 Å². The number of halogens is 2. The van der Waals surface area contributed by atoms with Crippen molar-refractivity contribution in [2.45, 2.75) is 44.7 Å². The summed E-state index contributed by atoms with van der Waals surface area (Å²) in [5.41, 5.74) is 1.58. The van der Waals surface area contributed by atoms with E-state index in [1.807, 2.05) is 6.92 Å². The summed E-state index contributed by atoms with van der Waals surface area (Å²) < 4.78 is 34.5. The van der Waals surface area contributed by atoms with E-state index in [0.29, 0.717) is 23.6 Å². The van der Waals surface area contributed by atoms with Crippen molar-refractivity contribution >= 4 is 50.7 Å². The van der Waals surface area contributed by atoms with Crippen molar-refractivity contribution in [1.82, 2.24) is 10.2 Å². The van der Waals surface area contributed by atoms with Crippen LogP contribution in [-0.4, -0.2) is 51.4 Å². The van der Waals surface area contributed by atoms with Gasteiger partial charge in [0, 0.05) is 23.1 Å². The third kappa shape index (κ3) is 7.27. The number of likely N-dealkylation sites (N-methyl/N-ethyl adjacent to an activating group) is 1. The maximum absolute atomic E-state index is 14.1. The zero-order valence-electron chi connectivity index (χ0n) is 22.9. The lowest BCUT2D eigenvalue weighted by molar-refractivity contribution is -0.140. The number of ether oxygens (including phenoxy) is 1. The highest BCUT2D eigenvalue weighted by molar-refractivity contribution is 7.92. The summed E-state index contributed by atoms with van der Waals surface area (Å²) >= 11 is 12.7. The Morgan fingerprint density at radius 1 is 1.00 bits per heavy atom. The van der Waals surface area contributed by atoms with Crippen LogP contribution >= 0.6 is 23.2 Å². The summed E-state index contributed by atoms with van der Waals surface area (Å²) in [6.45, 7) is 5.17. The van der Waals surface area contributed by atoms with E-state index in [9.17, 15) is 18.0 Å². The minimum Gasteiger partial charge on any atom is -0.495 e. The normalized spacial score (nSPS) is 11.9. The van der Waals surface area contributed by atoms with E-state index in [-0.39, 0.29) is 33.8 Å². The van der Waals surface area contributed by atoms with Gasteiger partial charge in [0.1, 0.15) is 18.3 Å². The summed E-state index contributed by atoms with van der Waals surface area (Å²) in [4.78, 5) is 28.5. The maximum atomic E-state index is 14.1. The van der Waals surface area contributed by atoms with E-state index in [2.05, 4.69) is 5.32 Å². The topological polar surface area (TPSA) is 96.0 Å². The molecule has 1 N–H and O–H groups in total. The van der Waals surface area contributed by atoms with Crippen LogP contribution in [0.3, 0.4) is 0 Å². The Kier molecular flexibility index (Phi) is 10.8. The van der Waals surface area contributed by atoms with Crippen LogP contribution in [0.5, 0.6) is 5.75 Å². The van der Waals surface area contributed by atoms with Crippen LogP contribution in [0.25, 0.3) is 0 Å². The molecule has 2 amide bonds. The zero-order chi connectivity index (χ0) is 29.4. The van der Waals surface area contributed by atoms with Gasteiger partial charge in [-0.1, -0.05) is 66.0 Å². The zero-order valence-corrected chi connectivity index (χ0v) is 25.2. The summed E-state index contributed by atoms with van der Waals surface area (Å²) in [7, 11) is -2.87. The number of rotatable bonds is 12. The second-order valence-corrected chi connectivity index (χ2v) is 11.8. The number of anilines is 1. The molecule has 1 unspecified atom stereocenters. The highest BCUT2D eigenvalue weighted by atomic mass is 35.5. The average molecular weight is 607 g/mol. The quantitative estimate of drug-likeness (QED) is 0.296. The van der Waals surface area contributed by atoms with Gasteiger partial charge in [-0.3, -0.25) is 13.9 Å². The number of nitrogens with one attached hydrogen (secondary N) is 1. The van der Waals surface area contributed by atoms with Crippen LogP contribution in [0.4, 0.5) is 5.69 Å². The predicted octanol–water partition coefficient (Wildman–Crippen LogP) is 5.45. The van der Waals surface area contributed by atoms with Crippen LogP contribution < -0.4 is 14.4 Å². The summed E-state index contributed by atoms with van der Waals surface area (Å²) in [6, 6.07) is 17.0. The fraction of sp³-hybridized carbons (Fsp3) is 0.310. The standard InChI is InChI=1S/C29H33Cl2N3O5S/c1-5-25(29(36)32-6-2)33(18-21-9-7-8-10-24(21)31)28(35)19-34(26-17-22(30)13-16-27(26)39-4)40(37,38)23-14-11-20(3)12-15-23/h7-17,25H,5-6,18-19H2,1-4H3,(H,32,36). The van der Waals surface area contributed by atoms with Gasteiger partial charge in [-0.2, -0.15) is 0 Å². The van der Waals surface area contributed by atoms with E-state index in [0.717, 1.165) is 9.87 Å². The first-order valence-electron chi connectivity index (χ1n) is 12.8. The molecular weight excluding hydrogens is 573 g/mol. The smallest absolute Gasteiger partial charge is 0.264 e. The molecule has 0 saturated heterocycles. The molecule has 40 heavy (non-hydrogen) atoms. The fourth-order valence-corrected chi connectivity index (χ4v) is 6.01.